The van der Waals surface area contributed by atoms with E-state index in [2.05, 4.69) is 27.8 Å². The standard InChI is InChI=1S/C23H32N4O3.HI/c1-24-22(26-18-15-6-11-30-19(15)23(18)7-2-8-23)25-9-3-10-27-20(28)16-13-4-5-14(12-13)17(16)21(27)29;/h4-5,13-19H,2-3,6-12H2,1H3,(H2,24,25,26);1H. The van der Waals surface area contributed by atoms with Crippen LogP contribution >= 0.6 is 24.0 Å². The van der Waals surface area contributed by atoms with Crippen LogP contribution in [0.25, 0.3) is 0 Å². The van der Waals surface area contributed by atoms with Gasteiger partial charge in [-0.3, -0.25) is 19.5 Å². The molecular formula is C23H33IN4O3. The second kappa shape index (κ2) is 8.01. The first-order valence-electron chi connectivity index (χ1n) is 11.8. The van der Waals surface area contributed by atoms with Gasteiger partial charge in [0.2, 0.25) is 11.8 Å². The van der Waals surface area contributed by atoms with Gasteiger partial charge in [-0.1, -0.05) is 18.6 Å². The van der Waals surface area contributed by atoms with Gasteiger partial charge >= 0.3 is 0 Å². The average molecular weight is 540 g/mol. The van der Waals surface area contributed by atoms with Gasteiger partial charge in [0.05, 0.1) is 17.9 Å². The van der Waals surface area contributed by atoms with Crippen LogP contribution in [0, 0.1) is 35.0 Å². The molecule has 1 spiro atoms. The highest BCUT2D eigenvalue weighted by molar-refractivity contribution is 14.0. The number of rotatable bonds is 5. The fraction of sp³-hybridized carbons (Fsp3) is 0.783. The van der Waals surface area contributed by atoms with E-state index in [4.69, 9.17) is 4.74 Å². The van der Waals surface area contributed by atoms with E-state index >= 15 is 0 Å². The normalized spacial score (nSPS) is 41.0. The minimum atomic E-state index is -0.0891. The first-order chi connectivity index (χ1) is 14.6. The van der Waals surface area contributed by atoms with Crippen molar-refractivity contribution >= 4 is 41.8 Å². The molecule has 0 aromatic heterocycles. The molecule has 0 radical (unpaired) electrons. The van der Waals surface area contributed by atoms with Gasteiger partial charge in [-0.15, -0.1) is 24.0 Å². The number of aliphatic imine (C=N–C) groups is 1. The number of nitrogens with one attached hydrogen (secondary N) is 2. The maximum atomic E-state index is 12.8. The van der Waals surface area contributed by atoms with Crippen molar-refractivity contribution < 1.29 is 14.3 Å². The van der Waals surface area contributed by atoms with Crippen LogP contribution in [-0.4, -0.2) is 61.6 Å². The molecule has 6 aliphatic rings. The Balaban J connectivity index is 0.00000204. The zero-order valence-electron chi connectivity index (χ0n) is 18.1. The summed E-state index contributed by atoms with van der Waals surface area (Å²) < 4.78 is 6.01. The van der Waals surface area contributed by atoms with Crippen LogP contribution in [0.4, 0.5) is 0 Å². The van der Waals surface area contributed by atoms with Gasteiger partial charge in [-0.25, -0.2) is 0 Å². The summed E-state index contributed by atoms with van der Waals surface area (Å²) in [6.07, 6.45) is 11.4. The smallest absolute Gasteiger partial charge is 0.233 e. The summed E-state index contributed by atoms with van der Waals surface area (Å²) in [5.41, 5.74) is 0.318. The molecule has 5 fully saturated rings. The second-order valence-electron chi connectivity index (χ2n) is 10.1. The number of fused-ring (bicyclic) bond motifs is 7. The number of amides is 2. The Kier molecular flexibility index (Phi) is 5.60. The van der Waals surface area contributed by atoms with Crippen LogP contribution in [-0.2, 0) is 14.3 Å². The van der Waals surface area contributed by atoms with E-state index in [-0.39, 0.29) is 59.5 Å². The molecule has 2 heterocycles. The molecule has 7 nitrogen and oxygen atoms in total. The van der Waals surface area contributed by atoms with Gasteiger partial charge in [0.15, 0.2) is 5.96 Å². The molecule has 170 valence electrons. The van der Waals surface area contributed by atoms with Crippen LogP contribution < -0.4 is 10.6 Å². The zero-order valence-corrected chi connectivity index (χ0v) is 20.4. The number of hydrogen-bond donors (Lipinski definition) is 2. The van der Waals surface area contributed by atoms with Crippen LogP contribution in [0.5, 0.6) is 0 Å². The molecule has 2 saturated heterocycles. The molecule has 2 N–H and O–H groups in total. The van der Waals surface area contributed by atoms with Crippen LogP contribution in [0.1, 0.15) is 38.5 Å². The summed E-state index contributed by atoms with van der Waals surface area (Å²) >= 11 is 0. The summed E-state index contributed by atoms with van der Waals surface area (Å²) in [6.45, 7) is 2.08. The fourth-order valence-corrected chi connectivity index (χ4v) is 7.43. The molecule has 2 amide bonds. The molecule has 31 heavy (non-hydrogen) atoms. The summed E-state index contributed by atoms with van der Waals surface area (Å²) in [6, 6.07) is 0.453. The molecule has 6 rings (SSSR count). The Morgan fingerprint density at radius 3 is 2.55 bits per heavy atom. The monoisotopic (exact) mass is 540 g/mol. The first-order valence-corrected chi connectivity index (χ1v) is 11.8. The number of hydrogen-bond acceptors (Lipinski definition) is 4. The molecule has 7 atom stereocenters. The maximum absolute atomic E-state index is 12.8. The molecule has 0 aromatic carbocycles. The number of likely N-dealkylation sites (tertiary alicyclic amines) is 1. The van der Waals surface area contributed by atoms with Crippen molar-refractivity contribution in [3.63, 3.8) is 0 Å². The SMILES string of the molecule is CN=C(NCCCN1C(=O)C2C3C=CC(C3)C2C1=O)NC1C2CCOC2C12CCC2.I. The minimum Gasteiger partial charge on any atom is -0.377 e. The summed E-state index contributed by atoms with van der Waals surface area (Å²) in [5.74, 6) is 1.93. The van der Waals surface area contributed by atoms with Crippen LogP contribution in [0.3, 0.4) is 0 Å². The summed E-state index contributed by atoms with van der Waals surface area (Å²) in [5, 5.41) is 7.07. The molecule has 8 heteroatoms. The molecule has 2 bridgehead atoms. The van der Waals surface area contributed by atoms with Crippen molar-refractivity contribution in [1.29, 1.82) is 0 Å². The summed E-state index contributed by atoms with van der Waals surface area (Å²) in [4.78, 5) is 31.5. The third kappa shape index (κ3) is 3.03. The van der Waals surface area contributed by atoms with Gasteiger partial charge in [-0.05, 0) is 43.9 Å². The lowest BCUT2D eigenvalue weighted by atomic mass is 9.46. The van der Waals surface area contributed by atoms with Gasteiger partial charge in [-0.2, -0.15) is 0 Å². The summed E-state index contributed by atoms with van der Waals surface area (Å²) in [7, 11) is 1.81. The number of guanidine groups is 1. The number of ether oxygens (including phenoxy) is 1. The Hall–Kier alpha value is -1.16. The Bertz CT molecular complexity index is 796. The van der Waals surface area contributed by atoms with Crippen molar-refractivity contribution in [2.24, 2.45) is 40.0 Å². The Morgan fingerprint density at radius 1 is 1.23 bits per heavy atom. The quantitative estimate of drug-likeness (QED) is 0.139. The number of allylic oxidation sites excluding steroid dienone is 2. The molecule has 2 aliphatic heterocycles. The molecule has 4 aliphatic carbocycles. The minimum absolute atomic E-state index is 0. The predicted octanol–water partition coefficient (Wildman–Crippen LogP) is 1.92. The van der Waals surface area contributed by atoms with E-state index < -0.39 is 0 Å². The van der Waals surface area contributed by atoms with Gasteiger partial charge in [0, 0.05) is 44.1 Å². The third-order valence-electron chi connectivity index (χ3n) is 8.96. The first kappa shape index (κ1) is 21.7. The highest BCUT2D eigenvalue weighted by Crippen LogP contribution is 2.62. The Labute approximate surface area is 200 Å². The lowest BCUT2D eigenvalue weighted by Gasteiger charge is -2.63. The van der Waals surface area contributed by atoms with Crippen molar-refractivity contribution in [3.05, 3.63) is 12.2 Å². The molecular weight excluding hydrogens is 507 g/mol. The van der Waals surface area contributed by atoms with E-state index in [1.54, 1.807) is 0 Å². The fourth-order valence-electron chi connectivity index (χ4n) is 7.43. The third-order valence-corrected chi connectivity index (χ3v) is 8.96. The lowest BCUT2D eigenvalue weighted by Crippen LogP contribution is -2.72. The van der Waals surface area contributed by atoms with E-state index in [0.29, 0.717) is 36.6 Å². The lowest BCUT2D eigenvalue weighted by molar-refractivity contribution is -0.171. The molecule has 3 saturated carbocycles. The van der Waals surface area contributed by atoms with Gasteiger partial charge in [0.25, 0.3) is 0 Å². The Morgan fingerprint density at radius 2 is 1.94 bits per heavy atom. The van der Waals surface area contributed by atoms with Crippen molar-refractivity contribution in [3.8, 4) is 0 Å². The average Bonchev–Trinajstić information content (AvgIpc) is 3.46. The topological polar surface area (TPSA) is 83.0 Å². The van der Waals surface area contributed by atoms with Crippen LogP contribution in [0.15, 0.2) is 17.1 Å². The highest BCUT2D eigenvalue weighted by atomic mass is 127. The number of carbonyl (C=O) groups excluding carboxylic acids is 2. The predicted molar refractivity (Wildman–Crippen MR) is 127 cm³/mol. The van der Waals surface area contributed by atoms with E-state index in [0.717, 1.165) is 31.8 Å². The van der Waals surface area contributed by atoms with Crippen molar-refractivity contribution in [2.75, 3.05) is 26.7 Å². The maximum Gasteiger partial charge on any atom is 0.233 e. The van der Waals surface area contributed by atoms with Crippen molar-refractivity contribution in [1.82, 2.24) is 15.5 Å². The number of imide groups is 1. The number of halogens is 1. The zero-order chi connectivity index (χ0) is 20.5. The molecule has 7 unspecified atom stereocenters. The number of carbonyl (C=O) groups is 2. The van der Waals surface area contributed by atoms with E-state index in [1.807, 2.05) is 7.05 Å². The van der Waals surface area contributed by atoms with E-state index in [1.165, 1.54) is 24.2 Å². The number of nitrogens with zero attached hydrogens (tertiary/aromatic N) is 2. The highest BCUT2D eigenvalue weighted by Gasteiger charge is 2.66. The van der Waals surface area contributed by atoms with E-state index in [9.17, 15) is 9.59 Å². The second-order valence-corrected chi connectivity index (χ2v) is 10.1. The molecule has 0 aromatic rings. The van der Waals surface area contributed by atoms with Crippen LogP contribution in [0.2, 0.25) is 0 Å². The van der Waals surface area contributed by atoms with Gasteiger partial charge in [0.1, 0.15) is 0 Å². The largest absolute Gasteiger partial charge is 0.377 e. The van der Waals surface area contributed by atoms with Crippen molar-refractivity contribution in [2.45, 2.75) is 50.7 Å². The van der Waals surface area contributed by atoms with Gasteiger partial charge < -0.3 is 15.4 Å².